The highest BCUT2D eigenvalue weighted by Gasteiger charge is 2.24. The van der Waals surface area contributed by atoms with Crippen molar-refractivity contribution in [3.8, 4) is 0 Å². The van der Waals surface area contributed by atoms with Crippen LogP contribution in [0.25, 0.3) is 0 Å². The van der Waals surface area contributed by atoms with Crippen LogP contribution >= 0.6 is 11.3 Å². The van der Waals surface area contributed by atoms with Gasteiger partial charge in [0.05, 0.1) is 0 Å². The summed E-state index contributed by atoms with van der Waals surface area (Å²) in [4.78, 5) is 0. The number of hydrogen-bond acceptors (Lipinski definition) is 4. The molecular weight excluding hydrogens is 218 g/mol. The standard InChI is InChI=1S/C12H21N3S/c1-8-5-6-9(7-8)13-11-15-14-10(16-11)12(2,3)4/h8-9H,5-7H2,1-4H3,(H,13,15). The molecule has 1 aromatic heterocycles. The number of anilines is 1. The molecule has 4 heteroatoms. The molecule has 0 amide bonds. The van der Waals surface area contributed by atoms with E-state index in [0.717, 1.165) is 16.1 Å². The lowest BCUT2D eigenvalue weighted by Crippen LogP contribution is -2.14. The van der Waals surface area contributed by atoms with E-state index in [1.807, 2.05) is 0 Å². The van der Waals surface area contributed by atoms with Crippen LogP contribution in [0.5, 0.6) is 0 Å². The summed E-state index contributed by atoms with van der Waals surface area (Å²) in [6.07, 6.45) is 3.87. The molecule has 1 fully saturated rings. The Bertz CT molecular complexity index is 353. The molecule has 2 unspecified atom stereocenters. The summed E-state index contributed by atoms with van der Waals surface area (Å²) >= 11 is 1.69. The lowest BCUT2D eigenvalue weighted by Gasteiger charge is -2.13. The van der Waals surface area contributed by atoms with Gasteiger partial charge >= 0.3 is 0 Å². The van der Waals surface area contributed by atoms with Gasteiger partial charge in [-0.3, -0.25) is 0 Å². The molecule has 1 aromatic rings. The molecule has 16 heavy (non-hydrogen) atoms. The van der Waals surface area contributed by atoms with Crippen LogP contribution in [0.1, 0.15) is 52.0 Å². The van der Waals surface area contributed by atoms with E-state index in [2.05, 4.69) is 43.2 Å². The van der Waals surface area contributed by atoms with E-state index in [1.165, 1.54) is 19.3 Å². The highest BCUT2D eigenvalue weighted by Crippen LogP contribution is 2.31. The van der Waals surface area contributed by atoms with E-state index in [0.29, 0.717) is 6.04 Å². The fourth-order valence-corrected chi connectivity index (χ4v) is 2.98. The van der Waals surface area contributed by atoms with Crippen LogP contribution in [-0.2, 0) is 5.41 Å². The van der Waals surface area contributed by atoms with E-state index in [4.69, 9.17) is 0 Å². The number of rotatable bonds is 2. The van der Waals surface area contributed by atoms with Crippen molar-refractivity contribution in [2.45, 2.75) is 58.4 Å². The zero-order chi connectivity index (χ0) is 11.8. The maximum absolute atomic E-state index is 4.25. The molecule has 2 atom stereocenters. The molecular formula is C12H21N3S. The highest BCUT2D eigenvalue weighted by molar-refractivity contribution is 7.15. The van der Waals surface area contributed by atoms with E-state index in [9.17, 15) is 0 Å². The van der Waals surface area contributed by atoms with Gasteiger partial charge < -0.3 is 5.32 Å². The first-order valence-electron chi connectivity index (χ1n) is 6.05. The Morgan fingerprint density at radius 1 is 1.25 bits per heavy atom. The Hall–Kier alpha value is -0.640. The van der Waals surface area contributed by atoms with Crippen LogP contribution < -0.4 is 5.32 Å². The van der Waals surface area contributed by atoms with Gasteiger partial charge in [0, 0.05) is 11.5 Å². The summed E-state index contributed by atoms with van der Waals surface area (Å²) < 4.78 is 0. The number of aromatic nitrogens is 2. The number of nitrogens with zero attached hydrogens (tertiary/aromatic N) is 2. The summed E-state index contributed by atoms with van der Waals surface area (Å²) in [6, 6.07) is 0.607. The first-order chi connectivity index (χ1) is 7.45. The predicted octanol–water partition coefficient (Wildman–Crippen LogP) is 3.44. The molecule has 1 aliphatic rings. The monoisotopic (exact) mass is 239 g/mol. The zero-order valence-electron chi connectivity index (χ0n) is 10.6. The van der Waals surface area contributed by atoms with Crippen molar-refractivity contribution in [1.29, 1.82) is 0 Å². The van der Waals surface area contributed by atoms with Crippen molar-refractivity contribution in [3.05, 3.63) is 5.01 Å². The molecule has 0 saturated heterocycles. The first kappa shape index (κ1) is 11.8. The largest absolute Gasteiger partial charge is 0.357 e. The van der Waals surface area contributed by atoms with E-state index in [1.54, 1.807) is 11.3 Å². The SMILES string of the molecule is CC1CCC(Nc2nnc(C(C)(C)C)s2)C1. The fraction of sp³-hybridized carbons (Fsp3) is 0.833. The zero-order valence-corrected chi connectivity index (χ0v) is 11.4. The number of hydrogen-bond donors (Lipinski definition) is 1. The van der Waals surface area contributed by atoms with Gasteiger partial charge in [-0.2, -0.15) is 0 Å². The molecule has 0 aliphatic heterocycles. The van der Waals surface area contributed by atoms with Crippen LogP contribution in [0.3, 0.4) is 0 Å². The topological polar surface area (TPSA) is 37.8 Å². The van der Waals surface area contributed by atoms with Crippen molar-refractivity contribution >= 4 is 16.5 Å². The molecule has 1 aliphatic carbocycles. The van der Waals surface area contributed by atoms with Crippen LogP contribution in [0.2, 0.25) is 0 Å². The normalized spacial score (nSPS) is 26.0. The smallest absolute Gasteiger partial charge is 0.205 e. The third kappa shape index (κ3) is 2.73. The van der Waals surface area contributed by atoms with Crippen LogP contribution in [-0.4, -0.2) is 16.2 Å². The molecule has 90 valence electrons. The molecule has 0 spiro atoms. The van der Waals surface area contributed by atoms with Gasteiger partial charge in [0.2, 0.25) is 5.13 Å². The quantitative estimate of drug-likeness (QED) is 0.859. The molecule has 1 heterocycles. The maximum atomic E-state index is 4.25. The van der Waals surface area contributed by atoms with Gasteiger partial charge in [-0.25, -0.2) is 0 Å². The third-order valence-electron chi connectivity index (χ3n) is 3.09. The summed E-state index contributed by atoms with van der Waals surface area (Å²) in [6.45, 7) is 8.85. The van der Waals surface area contributed by atoms with E-state index >= 15 is 0 Å². The second-order valence-electron chi connectivity index (χ2n) is 5.92. The first-order valence-corrected chi connectivity index (χ1v) is 6.87. The van der Waals surface area contributed by atoms with Gasteiger partial charge in [-0.1, -0.05) is 39.0 Å². The molecule has 0 aromatic carbocycles. The average Bonchev–Trinajstić information content (AvgIpc) is 2.74. The van der Waals surface area contributed by atoms with Crippen molar-refractivity contribution in [3.63, 3.8) is 0 Å². The third-order valence-corrected chi connectivity index (χ3v) is 4.37. The van der Waals surface area contributed by atoms with Crippen LogP contribution in [0, 0.1) is 5.92 Å². The van der Waals surface area contributed by atoms with Gasteiger partial charge in [-0.15, -0.1) is 10.2 Å². The Kier molecular flexibility index (Phi) is 3.19. The fourth-order valence-electron chi connectivity index (χ4n) is 2.10. The summed E-state index contributed by atoms with van der Waals surface area (Å²) in [5.41, 5.74) is 0.112. The van der Waals surface area contributed by atoms with E-state index in [-0.39, 0.29) is 5.41 Å². The predicted molar refractivity (Wildman–Crippen MR) is 69.0 cm³/mol. The summed E-state index contributed by atoms with van der Waals surface area (Å²) in [5, 5.41) is 14.1. The molecule has 1 saturated carbocycles. The lowest BCUT2D eigenvalue weighted by atomic mass is 9.98. The second kappa shape index (κ2) is 4.32. The van der Waals surface area contributed by atoms with Gasteiger partial charge in [0.1, 0.15) is 5.01 Å². The van der Waals surface area contributed by atoms with E-state index < -0.39 is 0 Å². The van der Waals surface area contributed by atoms with Gasteiger partial charge in [-0.05, 0) is 25.2 Å². The van der Waals surface area contributed by atoms with Crippen LogP contribution in [0.4, 0.5) is 5.13 Å². The summed E-state index contributed by atoms with van der Waals surface area (Å²) in [5.74, 6) is 0.854. The minimum atomic E-state index is 0.112. The molecule has 2 rings (SSSR count). The molecule has 0 bridgehead atoms. The van der Waals surface area contributed by atoms with Crippen molar-refractivity contribution in [2.24, 2.45) is 5.92 Å². The molecule has 0 radical (unpaired) electrons. The lowest BCUT2D eigenvalue weighted by molar-refractivity contribution is 0.578. The van der Waals surface area contributed by atoms with Crippen LogP contribution in [0.15, 0.2) is 0 Å². The Morgan fingerprint density at radius 2 is 2.00 bits per heavy atom. The van der Waals surface area contributed by atoms with Gasteiger partial charge in [0.15, 0.2) is 0 Å². The molecule has 3 nitrogen and oxygen atoms in total. The minimum absolute atomic E-state index is 0.112. The maximum Gasteiger partial charge on any atom is 0.205 e. The number of nitrogens with one attached hydrogen (secondary N) is 1. The summed E-state index contributed by atoms with van der Waals surface area (Å²) in [7, 11) is 0. The van der Waals surface area contributed by atoms with Crippen molar-refractivity contribution in [2.75, 3.05) is 5.32 Å². The minimum Gasteiger partial charge on any atom is -0.357 e. The Balaban J connectivity index is 1.98. The highest BCUT2D eigenvalue weighted by atomic mass is 32.1. The van der Waals surface area contributed by atoms with Gasteiger partial charge in [0.25, 0.3) is 0 Å². The average molecular weight is 239 g/mol. The Labute approximate surface area is 102 Å². The van der Waals surface area contributed by atoms with Crippen molar-refractivity contribution < 1.29 is 0 Å². The second-order valence-corrected chi connectivity index (χ2v) is 6.90. The molecule has 1 N–H and O–H groups in total. The van der Waals surface area contributed by atoms with Crippen molar-refractivity contribution in [1.82, 2.24) is 10.2 Å². The Morgan fingerprint density at radius 3 is 2.50 bits per heavy atom.